The van der Waals surface area contributed by atoms with E-state index in [0.717, 1.165) is 16.8 Å². The Morgan fingerprint density at radius 1 is 0.926 bits per heavy atom. The highest BCUT2D eigenvalue weighted by atomic mass is 35.5. The molecule has 6 nitrogen and oxygen atoms in total. The summed E-state index contributed by atoms with van der Waals surface area (Å²) in [5, 5.41) is 13.9. The third kappa shape index (κ3) is 2.76. The van der Waals surface area contributed by atoms with Crippen molar-refractivity contribution in [2.45, 2.75) is 0 Å². The maximum Gasteiger partial charge on any atom is 0.248 e. The normalized spacial score (nSPS) is 13.1. The third-order valence-corrected chi connectivity index (χ3v) is 4.63. The summed E-state index contributed by atoms with van der Waals surface area (Å²) in [6, 6.07) is 21.4. The molecule has 0 saturated heterocycles. The minimum Gasteiger partial charge on any atom is -0.438 e. The van der Waals surface area contributed by atoms with Crippen LogP contribution in [0.15, 0.2) is 83.7 Å². The summed E-state index contributed by atoms with van der Waals surface area (Å²) in [5.41, 5.74) is 2.78. The molecule has 0 amide bonds. The standard InChI is InChI=1S/C20H14ClN5O/c21-16-9-5-4-8-15(16)18-10-11-19(27-18)25-12-17(14-6-2-1-3-7-14)23-20-24-22-13-26(20)25/h1-13H,(H,23,24). The minimum absolute atomic E-state index is 0.604. The van der Waals surface area contributed by atoms with Crippen LogP contribution in [0, 0.1) is 0 Å². The molecule has 0 radical (unpaired) electrons. The van der Waals surface area contributed by atoms with E-state index < -0.39 is 0 Å². The van der Waals surface area contributed by atoms with E-state index in [1.807, 2.05) is 77.9 Å². The Kier molecular flexibility index (Phi) is 3.69. The Morgan fingerprint density at radius 2 is 1.74 bits per heavy atom. The number of nitrogens with zero attached hydrogens (tertiary/aromatic N) is 4. The monoisotopic (exact) mass is 375 g/mol. The molecule has 4 aromatic rings. The van der Waals surface area contributed by atoms with Crippen molar-refractivity contribution in [3.63, 3.8) is 0 Å². The van der Waals surface area contributed by atoms with Crippen LogP contribution in [0.5, 0.6) is 0 Å². The predicted molar refractivity (Wildman–Crippen MR) is 105 cm³/mol. The minimum atomic E-state index is 0.604. The van der Waals surface area contributed by atoms with E-state index in [9.17, 15) is 0 Å². The van der Waals surface area contributed by atoms with E-state index in [2.05, 4.69) is 15.5 Å². The maximum atomic E-state index is 6.30. The van der Waals surface area contributed by atoms with Crippen LogP contribution in [-0.4, -0.2) is 14.9 Å². The lowest BCUT2D eigenvalue weighted by atomic mass is 10.1. The van der Waals surface area contributed by atoms with Gasteiger partial charge >= 0.3 is 0 Å². The zero-order chi connectivity index (χ0) is 18.2. The lowest BCUT2D eigenvalue weighted by molar-refractivity contribution is 0.557. The fourth-order valence-electron chi connectivity index (χ4n) is 3.00. The van der Waals surface area contributed by atoms with Crippen LogP contribution in [-0.2, 0) is 0 Å². The SMILES string of the molecule is Clc1ccccc1-c1ccc(N2C=C(c3ccccc3)Nc3nncn32)o1. The van der Waals surface area contributed by atoms with Crippen molar-refractivity contribution >= 4 is 29.1 Å². The quantitative estimate of drug-likeness (QED) is 0.552. The first-order chi connectivity index (χ1) is 13.3. The highest BCUT2D eigenvalue weighted by molar-refractivity contribution is 6.33. The Morgan fingerprint density at radius 3 is 2.59 bits per heavy atom. The summed E-state index contributed by atoms with van der Waals surface area (Å²) >= 11 is 6.30. The van der Waals surface area contributed by atoms with Crippen LogP contribution in [0.2, 0.25) is 5.02 Å². The summed E-state index contributed by atoms with van der Waals surface area (Å²) in [5.74, 6) is 1.92. The van der Waals surface area contributed by atoms with Crippen LogP contribution in [0.3, 0.4) is 0 Å². The second-order valence-corrected chi connectivity index (χ2v) is 6.40. The summed E-state index contributed by atoms with van der Waals surface area (Å²) in [6.45, 7) is 0. The molecule has 0 atom stereocenters. The third-order valence-electron chi connectivity index (χ3n) is 4.30. The highest BCUT2D eigenvalue weighted by Crippen LogP contribution is 2.34. The van der Waals surface area contributed by atoms with Crippen molar-refractivity contribution < 1.29 is 4.42 Å². The van der Waals surface area contributed by atoms with Gasteiger partial charge in [0.2, 0.25) is 11.8 Å². The molecule has 132 valence electrons. The van der Waals surface area contributed by atoms with Gasteiger partial charge in [-0.15, -0.1) is 10.2 Å². The summed E-state index contributed by atoms with van der Waals surface area (Å²) in [7, 11) is 0. The highest BCUT2D eigenvalue weighted by Gasteiger charge is 2.23. The zero-order valence-corrected chi connectivity index (χ0v) is 14.8. The maximum absolute atomic E-state index is 6.30. The Hall–Kier alpha value is -3.51. The fourth-order valence-corrected chi connectivity index (χ4v) is 3.23. The topological polar surface area (TPSA) is 59.1 Å². The van der Waals surface area contributed by atoms with Gasteiger partial charge in [0.1, 0.15) is 12.1 Å². The summed E-state index contributed by atoms with van der Waals surface area (Å²) < 4.78 is 7.87. The van der Waals surface area contributed by atoms with Gasteiger partial charge in [0, 0.05) is 11.6 Å². The molecular weight excluding hydrogens is 362 g/mol. The molecule has 0 bridgehead atoms. The van der Waals surface area contributed by atoms with E-state index in [-0.39, 0.29) is 0 Å². The number of furan rings is 1. The van der Waals surface area contributed by atoms with Crippen LogP contribution < -0.4 is 10.3 Å². The van der Waals surface area contributed by atoms with Crippen molar-refractivity contribution in [3.8, 4) is 11.3 Å². The molecule has 5 rings (SSSR count). The smallest absolute Gasteiger partial charge is 0.248 e. The molecule has 3 heterocycles. The Bertz CT molecular complexity index is 1130. The number of halogens is 1. The van der Waals surface area contributed by atoms with Crippen LogP contribution in [0.1, 0.15) is 5.56 Å². The largest absolute Gasteiger partial charge is 0.438 e. The van der Waals surface area contributed by atoms with Crippen molar-refractivity contribution in [2.24, 2.45) is 0 Å². The van der Waals surface area contributed by atoms with Gasteiger partial charge < -0.3 is 9.73 Å². The van der Waals surface area contributed by atoms with Crippen molar-refractivity contribution in [2.75, 3.05) is 10.3 Å². The van der Waals surface area contributed by atoms with Gasteiger partial charge in [-0.05, 0) is 23.8 Å². The van der Waals surface area contributed by atoms with Gasteiger partial charge in [-0.3, -0.25) is 0 Å². The second kappa shape index (κ2) is 6.34. The van der Waals surface area contributed by atoms with Gasteiger partial charge in [0.05, 0.1) is 16.9 Å². The second-order valence-electron chi connectivity index (χ2n) is 6.00. The number of anilines is 2. The number of hydrogen-bond donors (Lipinski definition) is 1. The molecule has 27 heavy (non-hydrogen) atoms. The molecule has 2 aromatic carbocycles. The van der Waals surface area contributed by atoms with Crippen LogP contribution in [0.25, 0.3) is 17.0 Å². The zero-order valence-electron chi connectivity index (χ0n) is 14.1. The van der Waals surface area contributed by atoms with Crippen LogP contribution in [0.4, 0.5) is 11.8 Å². The first-order valence-electron chi connectivity index (χ1n) is 8.38. The molecule has 2 aromatic heterocycles. The molecule has 7 heteroatoms. The van der Waals surface area contributed by atoms with E-state index in [4.69, 9.17) is 16.0 Å². The van der Waals surface area contributed by atoms with Crippen molar-refractivity contribution in [3.05, 3.63) is 89.8 Å². The molecule has 0 saturated carbocycles. The van der Waals surface area contributed by atoms with Crippen LogP contribution >= 0.6 is 11.6 Å². The first-order valence-corrected chi connectivity index (χ1v) is 8.76. The van der Waals surface area contributed by atoms with Gasteiger partial charge in [0.25, 0.3) is 0 Å². The van der Waals surface area contributed by atoms with E-state index >= 15 is 0 Å². The molecule has 1 aliphatic rings. The van der Waals surface area contributed by atoms with Gasteiger partial charge in [-0.2, -0.15) is 4.68 Å². The van der Waals surface area contributed by atoms with E-state index in [1.54, 1.807) is 11.0 Å². The molecule has 1 N–H and O–H groups in total. The molecule has 0 fully saturated rings. The van der Waals surface area contributed by atoms with E-state index in [1.165, 1.54) is 0 Å². The predicted octanol–water partition coefficient (Wildman–Crippen LogP) is 4.89. The molecule has 0 spiro atoms. The Balaban J connectivity index is 1.58. The molecule has 0 aliphatic carbocycles. The average Bonchev–Trinajstić information content (AvgIpc) is 3.38. The number of rotatable bonds is 3. The summed E-state index contributed by atoms with van der Waals surface area (Å²) in [6.07, 6.45) is 3.57. The average molecular weight is 376 g/mol. The van der Waals surface area contributed by atoms with Crippen molar-refractivity contribution in [1.29, 1.82) is 0 Å². The molecule has 0 unspecified atom stereocenters. The van der Waals surface area contributed by atoms with Gasteiger partial charge in [-0.25, -0.2) is 5.01 Å². The fraction of sp³-hybridized carbons (Fsp3) is 0. The number of aromatic nitrogens is 3. The lowest BCUT2D eigenvalue weighted by Gasteiger charge is -2.26. The summed E-state index contributed by atoms with van der Waals surface area (Å²) in [4.78, 5) is 0. The Labute approximate surface area is 160 Å². The van der Waals surface area contributed by atoms with E-state index in [0.29, 0.717) is 22.6 Å². The molecular formula is C20H14ClN5O. The number of benzene rings is 2. The molecule has 1 aliphatic heterocycles. The van der Waals surface area contributed by atoms with Gasteiger partial charge in [-0.1, -0.05) is 54.1 Å². The van der Waals surface area contributed by atoms with Gasteiger partial charge in [0.15, 0.2) is 0 Å². The number of fused-ring (bicyclic) bond motifs is 1. The number of hydrogen-bond acceptors (Lipinski definition) is 5. The van der Waals surface area contributed by atoms with Crippen molar-refractivity contribution in [1.82, 2.24) is 14.9 Å². The lowest BCUT2D eigenvalue weighted by Crippen LogP contribution is -2.29. The first kappa shape index (κ1) is 15.7. The number of nitrogens with one attached hydrogen (secondary N) is 1.